The lowest BCUT2D eigenvalue weighted by Gasteiger charge is -2.03. The first kappa shape index (κ1) is 9.31. The van der Waals surface area contributed by atoms with E-state index in [-0.39, 0.29) is 0 Å². The largest absolute Gasteiger partial charge is 0.381 e. The smallest absolute Gasteiger partial charge is 0.0476 e. The van der Waals surface area contributed by atoms with Gasteiger partial charge in [-0.3, -0.25) is 0 Å². The molecule has 0 aromatic rings. The van der Waals surface area contributed by atoms with Gasteiger partial charge in [-0.05, 0) is 12.8 Å². The molecule has 0 spiro atoms. The van der Waals surface area contributed by atoms with Gasteiger partial charge >= 0.3 is 0 Å². The van der Waals surface area contributed by atoms with Crippen molar-refractivity contribution in [2.45, 2.75) is 25.0 Å². The van der Waals surface area contributed by atoms with Crippen molar-refractivity contribution in [1.29, 1.82) is 0 Å². The first-order chi connectivity index (χ1) is 4.27. The third-order valence-electron chi connectivity index (χ3n) is 0.969. The minimum absolute atomic E-state index is 0.454. The lowest BCUT2D eigenvalue weighted by atomic mass is 10.3. The maximum atomic E-state index is 5.18. The van der Waals surface area contributed by atoms with Crippen molar-refractivity contribution in [3.63, 3.8) is 0 Å². The van der Waals surface area contributed by atoms with Gasteiger partial charge in [0.25, 0.3) is 0 Å². The first-order valence-electron chi connectivity index (χ1n) is 3.32. The highest BCUT2D eigenvalue weighted by Gasteiger charge is 1.92. The number of rotatable bonds is 5. The van der Waals surface area contributed by atoms with Gasteiger partial charge in [-0.25, -0.2) is 0 Å². The van der Waals surface area contributed by atoms with Crippen LogP contribution in [0.1, 0.15) is 19.8 Å². The zero-order valence-corrected chi connectivity index (χ0v) is 6.86. The third kappa shape index (κ3) is 8.31. The molecule has 9 heavy (non-hydrogen) atoms. The van der Waals surface area contributed by atoms with Gasteiger partial charge in [0.2, 0.25) is 0 Å². The minimum Gasteiger partial charge on any atom is -0.381 e. The molecule has 0 aliphatic carbocycles. The Bertz CT molecular complexity index is 54.9. The Balaban J connectivity index is 2.75. The molecule has 0 N–H and O–H groups in total. The van der Waals surface area contributed by atoms with Gasteiger partial charge in [0.1, 0.15) is 0 Å². The molecule has 0 saturated carbocycles. The zero-order chi connectivity index (χ0) is 7.11. The first-order valence-corrected chi connectivity index (χ1v) is 3.84. The van der Waals surface area contributed by atoms with E-state index in [1.54, 1.807) is 0 Å². The molecule has 0 rings (SSSR count). The van der Waals surface area contributed by atoms with Crippen molar-refractivity contribution in [1.82, 2.24) is 0 Å². The molecule has 0 saturated heterocycles. The maximum Gasteiger partial charge on any atom is 0.0476 e. The van der Waals surface area contributed by atoms with Gasteiger partial charge in [-0.15, -0.1) is 0 Å². The van der Waals surface area contributed by atoms with Crippen LogP contribution < -0.4 is 0 Å². The van der Waals surface area contributed by atoms with Crippen molar-refractivity contribution in [2.24, 2.45) is 0 Å². The molecule has 2 heteroatoms. The van der Waals surface area contributed by atoms with E-state index in [4.69, 9.17) is 4.74 Å². The monoisotopic (exact) mass is 147 g/mol. The molecule has 0 amide bonds. The Labute approximate surface area is 63.2 Å². The highest BCUT2D eigenvalue weighted by Crippen LogP contribution is 1.98. The molecule has 1 unspecified atom stereocenters. The summed E-state index contributed by atoms with van der Waals surface area (Å²) in [4.78, 5) is 0. The zero-order valence-electron chi connectivity index (χ0n) is 5.97. The predicted octanol–water partition coefficient (Wildman–Crippen LogP) is 1.94. The predicted molar refractivity (Wildman–Crippen MR) is 43.9 cm³/mol. The molecule has 55 valence electrons. The fourth-order valence-electron chi connectivity index (χ4n) is 0.458. The molecule has 0 aliphatic heterocycles. The van der Waals surface area contributed by atoms with Crippen molar-refractivity contribution in [3.8, 4) is 0 Å². The summed E-state index contributed by atoms with van der Waals surface area (Å²) in [5, 5.41) is 0.454. The van der Waals surface area contributed by atoms with Crippen LogP contribution in [0.4, 0.5) is 0 Å². The summed E-state index contributed by atoms with van der Waals surface area (Å²) in [6, 6.07) is 0. The number of thiol groups is 1. The van der Waals surface area contributed by atoms with Crippen LogP contribution in [0.2, 0.25) is 0 Å². The molecule has 1 radical (unpaired) electrons. The van der Waals surface area contributed by atoms with Crippen LogP contribution in [-0.2, 0) is 4.74 Å². The van der Waals surface area contributed by atoms with Gasteiger partial charge in [-0.2, -0.15) is 12.6 Å². The van der Waals surface area contributed by atoms with E-state index in [2.05, 4.69) is 26.5 Å². The molecule has 1 atom stereocenters. The highest BCUT2D eigenvalue weighted by atomic mass is 32.1. The molecule has 0 bridgehead atoms. The van der Waals surface area contributed by atoms with E-state index in [9.17, 15) is 0 Å². The molecule has 0 fully saturated rings. The second-order valence-electron chi connectivity index (χ2n) is 2.10. The Kier molecular flexibility index (Phi) is 6.65. The molecule has 1 nitrogen and oxygen atoms in total. The summed E-state index contributed by atoms with van der Waals surface area (Å²) >= 11 is 4.20. The van der Waals surface area contributed by atoms with Crippen LogP contribution in [-0.4, -0.2) is 18.5 Å². The fourth-order valence-corrected chi connectivity index (χ4v) is 0.563. The summed E-state index contributed by atoms with van der Waals surface area (Å²) in [7, 11) is 0. The molecular weight excluding hydrogens is 132 g/mol. The van der Waals surface area contributed by atoms with Crippen molar-refractivity contribution >= 4 is 12.6 Å². The van der Waals surface area contributed by atoms with E-state index < -0.39 is 0 Å². The minimum atomic E-state index is 0.454. The normalized spacial score (nSPS) is 13.7. The lowest BCUT2D eigenvalue weighted by Crippen LogP contribution is -2.01. The highest BCUT2D eigenvalue weighted by molar-refractivity contribution is 7.80. The summed E-state index contributed by atoms with van der Waals surface area (Å²) in [6.45, 7) is 7.32. The van der Waals surface area contributed by atoms with Crippen molar-refractivity contribution in [2.75, 3.05) is 13.2 Å². The van der Waals surface area contributed by atoms with Crippen LogP contribution >= 0.6 is 12.6 Å². The molecule has 0 aromatic carbocycles. The van der Waals surface area contributed by atoms with Gasteiger partial charge in [0, 0.05) is 18.5 Å². The lowest BCUT2D eigenvalue weighted by molar-refractivity contribution is 0.136. The van der Waals surface area contributed by atoms with Crippen LogP contribution in [0, 0.1) is 6.92 Å². The quantitative estimate of drug-likeness (QED) is 0.462. The fraction of sp³-hybridized carbons (Fsp3) is 0.857. The third-order valence-corrected chi connectivity index (χ3v) is 1.23. The van der Waals surface area contributed by atoms with E-state index >= 15 is 0 Å². The second kappa shape index (κ2) is 6.43. The Hall–Kier alpha value is 0.310. The van der Waals surface area contributed by atoms with Gasteiger partial charge in [0.15, 0.2) is 0 Å². The Morgan fingerprint density at radius 2 is 2.22 bits per heavy atom. The average Bonchev–Trinajstić information content (AvgIpc) is 1.80. The summed E-state index contributed by atoms with van der Waals surface area (Å²) < 4.78 is 5.18. The van der Waals surface area contributed by atoms with Crippen LogP contribution in [0.25, 0.3) is 0 Å². The van der Waals surface area contributed by atoms with E-state index in [1.165, 1.54) is 0 Å². The van der Waals surface area contributed by atoms with Gasteiger partial charge in [0.05, 0.1) is 0 Å². The van der Waals surface area contributed by atoms with Crippen LogP contribution in [0.5, 0.6) is 0 Å². The summed E-state index contributed by atoms with van der Waals surface area (Å²) in [5.41, 5.74) is 0. The van der Waals surface area contributed by atoms with Gasteiger partial charge in [-0.1, -0.05) is 13.8 Å². The molecule has 0 heterocycles. The summed E-state index contributed by atoms with van der Waals surface area (Å²) in [5.74, 6) is 0. The molecule has 0 aliphatic rings. The van der Waals surface area contributed by atoms with E-state index in [0.717, 1.165) is 26.1 Å². The van der Waals surface area contributed by atoms with Crippen LogP contribution in [0.3, 0.4) is 0 Å². The van der Waals surface area contributed by atoms with E-state index in [1.807, 2.05) is 0 Å². The number of hydrogen-bond donors (Lipinski definition) is 1. The second-order valence-corrected chi connectivity index (χ2v) is 2.99. The number of ether oxygens (including phenoxy) is 1. The van der Waals surface area contributed by atoms with Crippen LogP contribution in [0.15, 0.2) is 0 Å². The standard InChI is InChI=1S/C7H15OS/c1-3-5-8-6-4-7(2)9/h7,9H,1,3-6H2,2H3. The van der Waals surface area contributed by atoms with Gasteiger partial charge < -0.3 is 4.74 Å². The Morgan fingerprint density at radius 3 is 2.67 bits per heavy atom. The number of hydrogen-bond acceptors (Lipinski definition) is 2. The molecular formula is C7H15OS. The molecule has 0 aromatic heterocycles. The maximum absolute atomic E-state index is 5.18. The average molecular weight is 147 g/mol. The van der Waals surface area contributed by atoms with Crippen molar-refractivity contribution in [3.05, 3.63) is 6.92 Å². The van der Waals surface area contributed by atoms with E-state index in [0.29, 0.717) is 5.25 Å². The summed E-state index contributed by atoms with van der Waals surface area (Å²) in [6.07, 6.45) is 1.89. The SMILES string of the molecule is [CH2]CCOCCC(C)S. The topological polar surface area (TPSA) is 9.23 Å². The van der Waals surface area contributed by atoms with Crippen molar-refractivity contribution < 1.29 is 4.74 Å². The Morgan fingerprint density at radius 1 is 1.56 bits per heavy atom.